The molecule has 1 aliphatic heterocycles. The fourth-order valence-corrected chi connectivity index (χ4v) is 2.49. The molecule has 0 aromatic rings. The Hall–Kier alpha value is -0.570. The summed E-state index contributed by atoms with van der Waals surface area (Å²) in [5, 5.41) is 3.40. The van der Waals surface area contributed by atoms with Crippen molar-refractivity contribution in [2.75, 3.05) is 19.6 Å². The third kappa shape index (κ3) is 3.78. The van der Waals surface area contributed by atoms with Gasteiger partial charge in [0.05, 0.1) is 0 Å². The van der Waals surface area contributed by atoms with E-state index in [1.165, 1.54) is 0 Å². The molecule has 0 radical (unpaired) electrons. The molecule has 3 nitrogen and oxygen atoms in total. The predicted octanol–water partition coefficient (Wildman–Crippen LogP) is 2.02. The molecule has 0 aliphatic carbocycles. The highest BCUT2D eigenvalue weighted by Crippen LogP contribution is 2.19. The molecule has 1 amide bonds. The van der Waals surface area contributed by atoms with Crippen molar-refractivity contribution in [3.05, 3.63) is 0 Å². The Bertz CT molecular complexity index is 205. The molecule has 1 fully saturated rings. The lowest BCUT2D eigenvalue weighted by Gasteiger charge is -2.32. The second-order valence-electron chi connectivity index (χ2n) is 4.90. The van der Waals surface area contributed by atoms with Crippen LogP contribution in [-0.4, -0.2) is 36.5 Å². The van der Waals surface area contributed by atoms with E-state index in [0.29, 0.717) is 11.9 Å². The van der Waals surface area contributed by atoms with Crippen molar-refractivity contribution in [3.63, 3.8) is 0 Å². The van der Waals surface area contributed by atoms with Crippen LogP contribution in [0.5, 0.6) is 0 Å². The summed E-state index contributed by atoms with van der Waals surface area (Å²) in [6, 6.07) is 0.493. The summed E-state index contributed by atoms with van der Waals surface area (Å²) in [4.78, 5) is 14.4. The van der Waals surface area contributed by atoms with Crippen molar-refractivity contribution in [1.29, 1.82) is 0 Å². The van der Waals surface area contributed by atoms with Gasteiger partial charge in [-0.2, -0.15) is 0 Å². The summed E-state index contributed by atoms with van der Waals surface area (Å²) in [5.74, 6) is 0.645. The molecule has 1 N–H and O–H groups in total. The van der Waals surface area contributed by atoms with E-state index in [-0.39, 0.29) is 5.92 Å². The summed E-state index contributed by atoms with van der Waals surface area (Å²) >= 11 is 0. The summed E-state index contributed by atoms with van der Waals surface area (Å²) in [7, 11) is 0. The topological polar surface area (TPSA) is 32.3 Å². The van der Waals surface area contributed by atoms with Crippen LogP contribution in [0.1, 0.15) is 46.5 Å². The van der Waals surface area contributed by atoms with Crippen LogP contribution >= 0.6 is 0 Å². The highest BCUT2D eigenvalue weighted by atomic mass is 16.2. The van der Waals surface area contributed by atoms with Crippen molar-refractivity contribution in [2.45, 2.75) is 52.5 Å². The van der Waals surface area contributed by atoms with Crippen molar-refractivity contribution in [2.24, 2.45) is 5.92 Å². The minimum atomic E-state index is 0.259. The van der Waals surface area contributed by atoms with Gasteiger partial charge in [0.1, 0.15) is 0 Å². The number of rotatable bonds is 5. The summed E-state index contributed by atoms with van der Waals surface area (Å²) in [5.41, 5.74) is 0. The van der Waals surface area contributed by atoms with E-state index in [1.54, 1.807) is 0 Å². The van der Waals surface area contributed by atoms with Gasteiger partial charge in [-0.3, -0.25) is 4.79 Å². The average Bonchev–Trinajstić information content (AvgIpc) is 2.28. The molecule has 1 heterocycles. The Morgan fingerprint density at radius 2 is 1.94 bits per heavy atom. The van der Waals surface area contributed by atoms with Crippen LogP contribution in [0.4, 0.5) is 0 Å². The lowest BCUT2D eigenvalue weighted by atomic mass is 9.92. The fraction of sp³-hybridized carbons (Fsp3) is 0.923. The van der Waals surface area contributed by atoms with Gasteiger partial charge >= 0.3 is 0 Å². The lowest BCUT2D eigenvalue weighted by molar-refractivity contribution is -0.136. The Morgan fingerprint density at radius 3 is 2.44 bits per heavy atom. The second-order valence-corrected chi connectivity index (χ2v) is 4.90. The number of carbonyl (C=O) groups excluding carboxylic acids is 1. The average molecular weight is 226 g/mol. The van der Waals surface area contributed by atoms with Gasteiger partial charge in [0.2, 0.25) is 5.91 Å². The van der Waals surface area contributed by atoms with Gasteiger partial charge in [0.25, 0.3) is 0 Å². The zero-order valence-corrected chi connectivity index (χ0v) is 11.0. The standard InChI is InChI=1S/C13H26N2O/c1-4-8-15(9-5-2)13(16)12-6-7-14-11(3)10-12/h11-12,14H,4-10H2,1-3H3/t11-,12-/m0/s1. The molecule has 16 heavy (non-hydrogen) atoms. The first-order chi connectivity index (χ1) is 7.69. The third-order valence-corrected chi connectivity index (χ3v) is 3.27. The van der Waals surface area contributed by atoms with Gasteiger partial charge in [-0.25, -0.2) is 0 Å². The molecule has 0 spiro atoms. The fourth-order valence-electron chi connectivity index (χ4n) is 2.49. The number of amides is 1. The quantitative estimate of drug-likeness (QED) is 0.778. The first-order valence-corrected chi connectivity index (χ1v) is 6.71. The largest absolute Gasteiger partial charge is 0.342 e. The zero-order chi connectivity index (χ0) is 12.0. The SMILES string of the molecule is CCCN(CCC)C(=O)[C@H]1CCN[C@@H](C)C1. The normalized spacial score (nSPS) is 25.4. The van der Waals surface area contributed by atoms with Gasteiger partial charge in [0, 0.05) is 25.0 Å². The minimum Gasteiger partial charge on any atom is -0.342 e. The Balaban J connectivity index is 2.51. The van der Waals surface area contributed by atoms with E-state index in [2.05, 4.69) is 31.0 Å². The maximum Gasteiger partial charge on any atom is 0.225 e. The number of nitrogens with zero attached hydrogens (tertiary/aromatic N) is 1. The first-order valence-electron chi connectivity index (χ1n) is 6.71. The monoisotopic (exact) mass is 226 g/mol. The van der Waals surface area contributed by atoms with Gasteiger partial charge in [-0.15, -0.1) is 0 Å². The van der Waals surface area contributed by atoms with Crippen LogP contribution < -0.4 is 5.32 Å². The van der Waals surface area contributed by atoms with Crippen LogP contribution in [0, 0.1) is 5.92 Å². The maximum atomic E-state index is 12.3. The van der Waals surface area contributed by atoms with E-state index < -0.39 is 0 Å². The summed E-state index contributed by atoms with van der Waals surface area (Å²) < 4.78 is 0. The molecule has 1 saturated heterocycles. The van der Waals surface area contributed by atoms with Gasteiger partial charge < -0.3 is 10.2 Å². The Morgan fingerprint density at radius 1 is 1.31 bits per heavy atom. The zero-order valence-electron chi connectivity index (χ0n) is 11.0. The summed E-state index contributed by atoms with van der Waals surface area (Å²) in [6.07, 6.45) is 4.13. The minimum absolute atomic E-state index is 0.259. The van der Waals surface area contributed by atoms with Crippen LogP contribution in [0.15, 0.2) is 0 Å². The van der Waals surface area contributed by atoms with Crippen LogP contribution in [0.25, 0.3) is 0 Å². The second kappa shape index (κ2) is 6.89. The van der Waals surface area contributed by atoms with E-state index in [9.17, 15) is 4.79 Å². The Labute approximate surface area is 99.6 Å². The van der Waals surface area contributed by atoms with Crippen molar-refractivity contribution in [1.82, 2.24) is 10.2 Å². The van der Waals surface area contributed by atoms with Gasteiger partial charge in [-0.05, 0) is 39.2 Å². The van der Waals surface area contributed by atoms with E-state index in [1.807, 2.05) is 0 Å². The predicted molar refractivity (Wildman–Crippen MR) is 67.4 cm³/mol. The molecule has 0 aromatic carbocycles. The Kier molecular flexibility index (Phi) is 5.81. The highest BCUT2D eigenvalue weighted by molar-refractivity contribution is 5.79. The molecule has 1 rings (SSSR count). The smallest absolute Gasteiger partial charge is 0.225 e. The summed E-state index contributed by atoms with van der Waals surface area (Å²) in [6.45, 7) is 9.28. The molecule has 0 saturated carbocycles. The lowest BCUT2D eigenvalue weighted by Crippen LogP contribution is -2.44. The van der Waals surface area contributed by atoms with E-state index in [0.717, 1.165) is 45.3 Å². The molecular weight excluding hydrogens is 200 g/mol. The van der Waals surface area contributed by atoms with Gasteiger partial charge in [0.15, 0.2) is 0 Å². The molecule has 3 heteroatoms. The maximum absolute atomic E-state index is 12.3. The van der Waals surface area contributed by atoms with E-state index >= 15 is 0 Å². The molecule has 1 aliphatic rings. The molecule has 94 valence electrons. The van der Waals surface area contributed by atoms with Crippen LogP contribution in [-0.2, 0) is 4.79 Å². The molecule has 0 bridgehead atoms. The van der Waals surface area contributed by atoms with Crippen molar-refractivity contribution < 1.29 is 4.79 Å². The number of hydrogen-bond acceptors (Lipinski definition) is 2. The van der Waals surface area contributed by atoms with Gasteiger partial charge in [-0.1, -0.05) is 13.8 Å². The number of piperidine rings is 1. The number of carbonyl (C=O) groups is 1. The van der Waals surface area contributed by atoms with E-state index in [4.69, 9.17) is 0 Å². The number of nitrogens with one attached hydrogen (secondary N) is 1. The highest BCUT2D eigenvalue weighted by Gasteiger charge is 2.27. The van der Waals surface area contributed by atoms with Crippen LogP contribution in [0.2, 0.25) is 0 Å². The number of hydrogen-bond donors (Lipinski definition) is 1. The van der Waals surface area contributed by atoms with Crippen molar-refractivity contribution >= 4 is 5.91 Å². The first kappa shape index (κ1) is 13.5. The van der Waals surface area contributed by atoms with Crippen LogP contribution in [0.3, 0.4) is 0 Å². The molecule has 0 unspecified atom stereocenters. The van der Waals surface area contributed by atoms with Crippen molar-refractivity contribution in [3.8, 4) is 0 Å². The third-order valence-electron chi connectivity index (χ3n) is 3.27. The molecule has 2 atom stereocenters. The molecule has 0 aromatic heterocycles. The molecular formula is C13H26N2O.